The predicted octanol–water partition coefficient (Wildman–Crippen LogP) is 14.9. The molecule has 1 atom stereocenters. The summed E-state index contributed by atoms with van der Waals surface area (Å²) in [5.74, 6) is -0.947. The first-order valence-electron chi connectivity index (χ1n) is 23.3. The topological polar surface area (TPSA) is 78.9 Å². The summed E-state index contributed by atoms with van der Waals surface area (Å²) in [5.41, 5.74) is 0. The van der Waals surface area contributed by atoms with Crippen LogP contribution >= 0.6 is 0 Å². The number of rotatable bonds is 41. The number of hydrogen-bond donors (Lipinski definition) is 0. The summed E-state index contributed by atoms with van der Waals surface area (Å²) in [6, 6.07) is 0. The summed E-state index contributed by atoms with van der Waals surface area (Å²) in [5, 5.41) is 0. The van der Waals surface area contributed by atoms with Crippen LogP contribution in [0.15, 0.2) is 60.8 Å². The molecule has 0 aliphatic carbocycles. The van der Waals surface area contributed by atoms with E-state index in [1.807, 2.05) is 36.5 Å². The highest BCUT2D eigenvalue weighted by molar-refractivity contribution is 5.71. The molecule has 0 rings (SSSR count). The van der Waals surface area contributed by atoms with Gasteiger partial charge in [0.2, 0.25) is 0 Å². The standard InChI is InChI=1S/C50H86O6/c1-4-7-10-13-16-19-22-24-25-27-28-31-34-37-40-43-49(52)55-46-47(45-54-48(51)42-39-36-33-30-21-18-15-12-9-6-3)56-50(53)44-41-38-35-32-29-26-23-20-17-14-11-8-5-2/h8,11,14-15,17-18,20,23,26,29,47H,4-7,9-10,12-13,16,19,21-22,24-25,27-28,30-46H2,1-3H3/b11-8-,17-14-,18-15-,23-20-,29-26-. The molecule has 0 aliphatic heterocycles. The lowest BCUT2D eigenvalue weighted by atomic mass is 10.0. The molecule has 0 aliphatic rings. The Morgan fingerprint density at radius 3 is 1.21 bits per heavy atom. The molecule has 6 heteroatoms. The van der Waals surface area contributed by atoms with E-state index >= 15 is 0 Å². The molecule has 0 saturated heterocycles. The Hall–Kier alpha value is -2.89. The first kappa shape index (κ1) is 53.1. The Labute approximate surface area is 345 Å². The van der Waals surface area contributed by atoms with Crippen molar-refractivity contribution >= 4 is 17.9 Å². The summed E-state index contributed by atoms with van der Waals surface area (Å²) in [6.07, 6.45) is 53.5. The number of carbonyl (C=O) groups excluding carboxylic acids is 3. The lowest BCUT2D eigenvalue weighted by Gasteiger charge is -2.18. The van der Waals surface area contributed by atoms with Crippen LogP contribution in [0.25, 0.3) is 0 Å². The number of unbranched alkanes of at least 4 members (excludes halogenated alkanes) is 23. The van der Waals surface area contributed by atoms with Crippen LogP contribution < -0.4 is 0 Å². The molecule has 322 valence electrons. The second kappa shape index (κ2) is 44.8. The first-order chi connectivity index (χ1) is 27.5. The minimum atomic E-state index is -0.794. The molecule has 0 saturated carbocycles. The van der Waals surface area contributed by atoms with Crippen molar-refractivity contribution in [2.24, 2.45) is 0 Å². The molecule has 0 spiro atoms. The van der Waals surface area contributed by atoms with Gasteiger partial charge in [0.1, 0.15) is 13.2 Å². The summed E-state index contributed by atoms with van der Waals surface area (Å²) < 4.78 is 16.7. The molecule has 6 nitrogen and oxygen atoms in total. The Morgan fingerprint density at radius 2 is 0.732 bits per heavy atom. The number of esters is 3. The third-order valence-electron chi connectivity index (χ3n) is 9.85. The van der Waals surface area contributed by atoms with Gasteiger partial charge in [0.15, 0.2) is 6.10 Å². The molecule has 0 bridgehead atoms. The average Bonchev–Trinajstić information content (AvgIpc) is 3.19. The van der Waals surface area contributed by atoms with Crippen molar-refractivity contribution < 1.29 is 28.6 Å². The van der Waals surface area contributed by atoms with Crippen LogP contribution in [-0.4, -0.2) is 37.2 Å². The predicted molar refractivity (Wildman–Crippen MR) is 238 cm³/mol. The minimum absolute atomic E-state index is 0.0925. The normalized spacial score (nSPS) is 12.6. The van der Waals surface area contributed by atoms with Crippen LogP contribution in [0.2, 0.25) is 0 Å². The number of ether oxygens (including phenoxy) is 3. The molecular formula is C50H86O6. The van der Waals surface area contributed by atoms with Gasteiger partial charge in [-0.1, -0.05) is 204 Å². The van der Waals surface area contributed by atoms with Gasteiger partial charge >= 0.3 is 17.9 Å². The van der Waals surface area contributed by atoms with Gasteiger partial charge in [-0.3, -0.25) is 14.4 Å². The molecule has 1 unspecified atom stereocenters. The van der Waals surface area contributed by atoms with Crippen molar-refractivity contribution in [2.45, 2.75) is 226 Å². The van der Waals surface area contributed by atoms with Gasteiger partial charge in [-0.25, -0.2) is 0 Å². The zero-order valence-electron chi connectivity index (χ0n) is 36.6. The third kappa shape index (κ3) is 42.3. The van der Waals surface area contributed by atoms with Gasteiger partial charge in [0.25, 0.3) is 0 Å². The molecule has 0 fully saturated rings. The smallest absolute Gasteiger partial charge is 0.306 e. The molecule has 0 heterocycles. The van der Waals surface area contributed by atoms with Crippen LogP contribution in [0.4, 0.5) is 0 Å². The maximum absolute atomic E-state index is 12.7. The highest BCUT2D eigenvalue weighted by atomic mass is 16.6. The highest BCUT2D eigenvalue weighted by Gasteiger charge is 2.19. The minimum Gasteiger partial charge on any atom is -0.462 e. The lowest BCUT2D eigenvalue weighted by molar-refractivity contribution is -0.167. The summed E-state index contributed by atoms with van der Waals surface area (Å²) in [6.45, 7) is 6.40. The van der Waals surface area contributed by atoms with Crippen LogP contribution in [-0.2, 0) is 28.6 Å². The molecule has 0 aromatic rings. The fourth-order valence-corrected chi connectivity index (χ4v) is 6.31. The van der Waals surface area contributed by atoms with Gasteiger partial charge in [-0.15, -0.1) is 0 Å². The molecule has 0 amide bonds. The van der Waals surface area contributed by atoms with Crippen molar-refractivity contribution in [1.29, 1.82) is 0 Å². The van der Waals surface area contributed by atoms with Gasteiger partial charge in [-0.05, 0) is 57.8 Å². The average molecular weight is 783 g/mol. The van der Waals surface area contributed by atoms with E-state index in [4.69, 9.17) is 14.2 Å². The Bertz CT molecular complexity index is 1040. The fourth-order valence-electron chi connectivity index (χ4n) is 6.31. The summed E-state index contributed by atoms with van der Waals surface area (Å²) in [7, 11) is 0. The van der Waals surface area contributed by atoms with Crippen molar-refractivity contribution in [2.75, 3.05) is 13.2 Å². The van der Waals surface area contributed by atoms with E-state index in [0.717, 1.165) is 89.9 Å². The third-order valence-corrected chi connectivity index (χ3v) is 9.85. The number of allylic oxidation sites excluding steroid dienone is 10. The van der Waals surface area contributed by atoms with Gasteiger partial charge in [0.05, 0.1) is 0 Å². The van der Waals surface area contributed by atoms with E-state index in [2.05, 4.69) is 45.1 Å². The molecule has 56 heavy (non-hydrogen) atoms. The van der Waals surface area contributed by atoms with Crippen molar-refractivity contribution in [3.63, 3.8) is 0 Å². The van der Waals surface area contributed by atoms with Gasteiger partial charge < -0.3 is 14.2 Å². The Kier molecular flexibility index (Phi) is 42.5. The van der Waals surface area contributed by atoms with Gasteiger partial charge in [-0.2, -0.15) is 0 Å². The number of hydrogen-bond acceptors (Lipinski definition) is 6. The molecule has 0 aromatic carbocycles. The Morgan fingerprint density at radius 1 is 0.375 bits per heavy atom. The second-order valence-corrected chi connectivity index (χ2v) is 15.4. The molecular weight excluding hydrogens is 697 g/mol. The lowest BCUT2D eigenvalue weighted by Crippen LogP contribution is -2.30. The van der Waals surface area contributed by atoms with E-state index in [1.165, 1.54) is 89.9 Å². The van der Waals surface area contributed by atoms with Crippen LogP contribution in [0, 0.1) is 0 Å². The largest absolute Gasteiger partial charge is 0.462 e. The molecule has 0 aromatic heterocycles. The van der Waals surface area contributed by atoms with Gasteiger partial charge in [0, 0.05) is 19.3 Å². The van der Waals surface area contributed by atoms with E-state index in [1.54, 1.807) is 0 Å². The quantitative estimate of drug-likeness (QED) is 0.0202. The van der Waals surface area contributed by atoms with Crippen molar-refractivity contribution in [3.8, 4) is 0 Å². The molecule has 0 N–H and O–H groups in total. The SMILES string of the molecule is CC\C=C/C=C\C=C/C=C\CCCCCC(=O)OC(COC(=O)CCCCCC/C=C\CCCC)COC(=O)CCCCCCCCCCCCCCCCC. The summed E-state index contributed by atoms with van der Waals surface area (Å²) >= 11 is 0. The maximum Gasteiger partial charge on any atom is 0.306 e. The monoisotopic (exact) mass is 783 g/mol. The van der Waals surface area contributed by atoms with E-state index < -0.39 is 6.10 Å². The van der Waals surface area contributed by atoms with Crippen molar-refractivity contribution in [3.05, 3.63) is 60.8 Å². The van der Waals surface area contributed by atoms with Crippen LogP contribution in [0.3, 0.4) is 0 Å². The summed E-state index contributed by atoms with van der Waals surface area (Å²) in [4.78, 5) is 37.7. The van der Waals surface area contributed by atoms with E-state index in [0.29, 0.717) is 12.8 Å². The van der Waals surface area contributed by atoms with E-state index in [-0.39, 0.29) is 37.5 Å². The maximum atomic E-state index is 12.7. The van der Waals surface area contributed by atoms with E-state index in [9.17, 15) is 14.4 Å². The van der Waals surface area contributed by atoms with Crippen LogP contribution in [0.5, 0.6) is 0 Å². The van der Waals surface area contributed by atoms with Crippen LogP contribution in [0.1, 0.15) is 220 Å². The zero-order valence-corrected chi connectivity index (χ0v) is 36.6. The number of carbonyl (C=O) groups is 3. The van der Waals surface area contributed by atoms with Crippen molar-refractivity contribution in [1.82, 2.24) is 0 Å². The highest BCUT2D eigenvalue weighted by Crippen LogP contribution is 2.15. The molecule has 0 radical (unpaired) electrons. The fraction of sp³-hybridized carbons (Fsp3) is 0.740. The second-order valence-electron chi connectivity index (χ2n) is 15.4. The first-order valence-corrected chi connectivity index (χ1v) is 23.3. The Balaban J connectivity index is 4.42. The zero-order chi connectivity index (χ0) is 40.8.